The van der Waals surface area contributed by atoms with Crippen LogP contribution in [0.2, 0.25) is 28.2 Å². The first kappa shape index (κ1) is 31.9. The number of ether oxygens (including phenoxy) is 1. The molecule has 1 aromatic carbocycles. The molecule has 234 valence electrons. The fourth-order valence-corrected chi connectivity index (χ4v) is 12.4. The highest BCUT2D eigenvalue weighted by molar-refractivity contribution is 6.74. The summed E-state index contributed by atoms with van der Waals surface area (Å²) >= 11 is 0. The summed E-state index contributed by atoms with van der Waals surface area (Å²) in [6.45, 7) is 24.9. The third-order valence-electron chi connectivity index (χ3n) is 9.16. The molecule has 1 unspecified atom stereocenters. The van der Waals surface area contributed by atoms with Crippen molar-refractivity contribution in [1.82, 2.24) is 19.6 Å². The average molecular weight is 626 g/mol. The van der Waals surface area contributed by atoms with E-state index in [-0.39, 0.29) is 33.2 Å². The van der Waals surface area contributed by atoms with Crippen molar-refractivity contribution in [3.8, 4) is 0 Å². The van der Waals surface area contributed by atoms with Gasteiger partial charge in [-0.15, -0.1) is 0 Å². The van der Waals surface area contributed by atoms with Crippen LogP contribution in [0.4, 0.5) is 5.82 Å². The minimum Gasteiger partial charge on any atom is -0.408 e. The van der Waals surface area contributed by atoms with Crippen molar-refractivity contribution >= 4 is 34.3 Å². The number of nitrogens with zero attached hydrogens (tertiary/aromatic N) is 4. The lowest BCUT2D eigenvalue weighted by atomic mass is 10.1. The van der Waals surface area contributed by atoms with Crippen LogP contribution in [0.25, 0.3) is 5.65 Å². The van der Waals surface area contributed by atoms with Gasteiger partial charge in [-0.05, 0) is 30.3 Å². The van der Waals surface area contributed by atoms with Gasteiger partial charge < -0.3 is 23.3 Å². The molecular formula is C31H47N5O5Si2. The van der Waals surface area contributed by atoms with Crippen LogP contribution in [0.1, 0.15) is 84.5 Å². The quantitative estimate of drug-likeness (QED) is 0.314. The lowest BCUT2D eigenvalue weighted by molar-refractivity contribution is -0.0720. The molecule has 3 aromatic rings. The van der Waals surface area contributed by atoms with Crippen molar-refractivity contribution < 1.29 is 22.8 Å². The number of nitrogens with one attached hydrogen (secondary N) is 1. The molecule has 1 amide bonds. The Morgan fingerprint density at radius 3 is 2.28 bits per heavy atom. The van der Waals surface area contributed by atoms with Gasteiger partial charge in [0.15, 0.2) is 19.8 Å². The molecule has 4 heterocycles. The Morgan fingerprint density at radius 1 is 1.02 bits per heavy atom. The molecule has 43 heavy (non-hydrogen) atoms. The van der Waals surface area contributed by atoms with Crippen molar-refractivity contribution in [2.45, 2.75) is 115 Å². The standard InChI is InChI=1S/C31H47N5O5Si2/c1-29(2,3)42(10,11)40-25-23(39-22-18-38-43(30(4,5)6,31(7,8)9)41-24(22)25)21-17-32-27-26(33-19-34-36(21)27)35-28(37)20-15-13-12-14-16-20/h12-17,19,22-25H,18H2,1-11H3,(H,33,34,35,37)/t22-,23+,24+,25?/m1/s1. The van der Waals surface area contributed by atoms with Gasteiger partial charge in [-0.1, -0.05) is 80.5 Å². The minimum atomic E-state index is -2.80. The molecule has 5 rings (SSSR count). The fraction of sp³-hybridized carbons (Fsp3) is 0.613. The Balaban J connectivity index is 1.55. The third kappa shape index (κ3) is 5.62. The molecular weight excluding hydrogens is 579 g/mol. The molecule has 2 aliphatic rings. The molecule has 12 heteroatoms. The smallest absolute Gasteiger partial charge is 0.349 e. The zero-order valence-electron chi connectivity index (χ0n) is 27.4. The second-order valence-corrected chi connectivity index (χ2v) is 24.8. The van der Waals surface area contributed by atoms with E-state index < -0.39 is 29.1 Å². The van der Waals surface area contributed by atoms with Gasteiger partial charge in [0.1, 0.15) is 30.7 Å². The highest BCUT2D eigenvalue weighted by Gasteiger charge is 2.66. The summed E-state index contributed by atoms with van der Waals surface area (Å²) in [7, 11) is -5.08. The molecule has 2 aromatic heterocycles. The van der Waals surface area contributed by atoms with Crippen LogP contribution in [0.5, 0.6) is 0 Å². The summed E-state index contributed by atoms with van der Waals surface area (Å²) < 4.78 is 29.6. The topological polar surface area (TPSA) is 109 Å². The first-order valence-electron chi connectivity index (χ1n) is 15.1. The summed E-state index contributed by atoms with van der Waals surface area (Å²) in [5, 5.41) is 7.03. The van der Waals surface area contributed by atoms with E-state index in [1.54, 1.807) is 22.8 Å². The van der Waals surface area contributed by atoms with Gasteiger partial charge in [-0.2, -0.15) is 5.10 Å². The second-order valence-electron chi connectivity index (χ2n) is 15.3. The van der Waals surface area contributed by atoms with Crippen LogP contribution in [0.15, 0.2) is 42.9 Å². The number of carbonyl (C=O) groups excluding carboxylic acids is 1. The molecule has 4 atom stereocenters. The van der Waals surface area contributed by atoms with Crippen LogP contribution >= 0.6 is 0 Å². The highest BCUT2D eigenvalue weighted by Crippen LogP contribution is 2.57. The Hall–Kier alpha value is -2.49. The minimum absolute atomic E-state index is 0.0279. The number of imidazole rings is 1. The van der Waals surface area contributed by atoms with Gasteiger partial charge in [-0.25, -0.2) is 14.5 Å². The lowest BCUT2D eigenvalue weighted by Gasteiger charge is -2.54. The Morgan fingerprint density at radius 2 is 1.67 bits per heavy atom. The Kier molecular flexibility index (Phi) is 8.05. The largest absolute Gasteiger partial charge is 0.408 e. The number of anilines is 1. The number of rotatable bonds is 5. The summed E-state index contributed by atoms with van der Waals surface area (Å²) in [6.07, 6.45) is 1.62. The molecule has 0 spiro atoms. The number of fused-ring (bicyclic) bond motifs is 2. The molecule has 0 bridgehead atoms. The van der Waals surface area contributed by atoms with Gasteiger partial charge in [0.25, 0.3) is 5.91 Å². The summed E-state index contributed by atoms with van der Waals surface area (Å²) in [5.41, 5.74) is 1.67. The fourth-order valence-electron chi connectivity index (χ4n) is 6.11. The maximum atomic E-state index is 12.9. The van der Waals surface area contributed by atoms with Crippen molar-refractivity contribution in [3.63, 3.8) is 0 Å². The summed E-state index contributed by atoms with van der Waals surface area (Å²) in [4.78, 5) is 21.9. The zero-order chi connectivity index (χ0) is 31.6. The van der Waals surface area contributed by atoms with E-state index in [4.69, 9.17) is 18.0 Å². The van der Waals surface area contributed by atoms with E-state index in [0.717, 1.165) is 0 Å². The Bertz CT molecular complexity index is 1460. The van der Waals surface area contributed by atoms with E-state index in [9.17, 15) is 4.79 Å². The van der Waals surface area contributed by atoms with Crippen LogP contribution in [-0.2, 0) is 18.0 Å². The van der Waals surface area contributed by atoms with Gasteiger partial charge in [-0.3, -0.25) is 4.79 Å². The predicted octanol–water partition coefficient (Wildman–Crippen LogP) is 6.66. The monoisotopic (exact) mass is 625 g/mol. The predicted molar refractivity (Wildman–Crippen MR) is 171 cm³/mol. The average Bonchev–Trinajstić information content (AvgIpc) is 3.48. The van der Waals surface area contributed by atoms with Crippen LogP contribution < -0.4 is 5.32 Å². The summed E-state index contributed by atoms with van der Waals surface area (Å²) in [5.74, 6) is 0.0445. The molecule has 1 N–H and O–H groups in total. The summed E-state index contributed by atoms with van der Waals surface area (Å²) in [6, 6.07) is 9.01. The van der Waals surface area contributed by atoms with Crippen molar-refractivity contribution in [2.75, 3.05) is 11.9 Å². The maximum absolute atomic E-state index is 12.9. The molecule has 0 saturated carbocycles. The first-order chi connectivity index (χ1) is 19.9. The second kappa shape index (κ2) is 10.8. The van der Waals surface area contributed by atoms with Gasteiger partial charge >= 0.3 is 8.56 Å². The number of hydrogen-bond donors (Lipinski definition) is 1. The van der Waals surface area contributed by atoms with Crippen LogP contribution in [-0.4, -0.2) is 67.3 Å². The van der Waals surface area contributed by atoms with Gasteiger partial charge in [0.05, 0.1) is 18.5 Å². The maximum Gasteiger partial charge on any atom is 0.349 e. The number of benzene rings is 1. The Labute approximate surface area is 257 Å². The zero-order valence-corrected chi connectivity index (χ0v) is 29.4. The molecule has 10 nitrogen and oxygen atoms in total. The third-order valence-corrected chi connectivity index (χ3v) is 18.8. The van der Waals surface area contributed by atoms with Crippen LogP contribution in [0.3, 0.4) is 0 Å². The SMILES string of the molecule is CC(C)(C)[Si](C)(C)OC1[C@H]2O[Si](C(C)(C)C)(C(C)(C)C)OC[C@H]2O[C@H]1c1cnc2c(NC(=O)c3ccccc3)ncnn12. The molecule has 2 aliphatic heterocycles. The molecule has 2 saturated heterocycles. The van der Waals surface area contributed by atoms with Crippen molar-refractivity contribution in [1.29, 1.82) is 0 Å². The van der Waals surface area contributed by atoms with E-state index in [0.29, 0.717) is 29.3 Å². The highest BCUT2D eigenvalue weighted by atomic mass is 28.4. The van der Waals surface area contributed by atoms with E-state index in [1.165, 1.54) is 6.33 Å². The van der Waals surface area contributed by atoms with E-state index in [2.05, 4.69) is 95.8 Å². The van der Waals surface area contributed by atoms with Crippen molar-refractivity contribution in [2.24, 2.45) is 0 Å². The van der Waals surface area contributed by atoms with Gasteiger partial charge in [0.2, 0.25) is 0 Å². The normalized spacial score (nSPS) is 24.6. The molecule has 0 aliphatic carbocycles. The van der Waals surface area contributed by atoms with E-state index in [1.807, 2.05) is 18.2 Å². The molecule has 0 radical (unpaired) electrons. The number of carbonyl (C=O) groups is 1. The molecule has 2 fully saturated rings. The van der Waals surface area contributed by atoms with Crippen LogP contribution in [0, 0.1) is 0 Å². The van der Waals surface area contributed by atoms with Gasteiger partial charge in [0, 0.05) is 15.6 Å². The first-order valence-corrected chi connectivity index (χ1v) is 19.8. The van der Waals surface area contributed by atoms with E-state index >= 15 is 0 Å². The van der Waals surface area contributed by atoms with Crippen molar-refractivity contribution in [3.05, 3.63) is 54.1 Å². The number of amides is 1. The lowest BCUT2D eigenvalue weighted by Crippen LogP contribution is -2.66. The number of aromatic nitrogens is 4. The number of hydrogen-bond acceptors (Lipinski definition) is 8.